The van der Waals surface area contributed by atoms with Crippen molar-refractivity contribution in [3.05, 3.63) is 0 Å². The lowest BCUT2D eigenvalue weighted by Crippen LogP contribution is -2.38. The van der Waals surface area contributed by atoms with Gasteiger partial charge >= 0.3 is 0 Å². The van der Waals surface area contributed by atoms with E-state index in [4.69, 9.17) is 4.74 Å². The van der Waals surface area contributed by atoms with E-state index in [1.165, 1.54) is 24.5 Å². The summed E-state index contributed by atoms with van der Waals surface area (Å²) in [6.45, 7) is 6.33. The Labute approximate surface area is 104 Å². The van der Waals surface area contributed by atoms with Gasteiger partial charge in [-0.25, -0.2) is 0 Å². The standard InChI is InChI=1S/C12H26N2OS/c1-4-13-12(11-5-7-15-9-11)10-16-8-6-14(2)3/h11-13H,4-10H2,1-3H3. The van der Waals surface area contributed by atoms with Crippen molar-refractivity contribution in [3.63, 3.8) is 0 Å². The maximum absolute atomic E-state index is 5.47. The van der Waals surface area contributed by atoms with Crippen molar-refractivity contribution < 1.29 is 4.74 Å². The Balaban J connectivity index is 2.17. The number of hydrogen-bond acceptors (Lipinski definition) is 4. The van der Waals surface area contributed by atoms with Gasteiger partial charge in [0.15, 0.2) is 0 Å². The molecule has 0 amide bonds. The molecule has 2 unspecified atom stereocenters. The summed E-state index contributed by atoms with van der Waals surface area (Å²) in [5.74, 6) is 3.17. The average molecular weight is 246 g/mol. The van der Waals surface area contributed by atoms with Gasteiger partial charge < -0.3 is 15.0 Å². The minimum absolute atomic E-state index is 0.639. The van der Waals surface area contributed by atoms with Crippen LogP contribution in [0, 0.1) is 5.92 Å². The molecule has 0 aliphatic carbocycles. The zero-order chi connectivity index (χ0) is 11.8. The zero-order valence-corrected chi connectivity index (χ0v) is 11.7. The lowest BCUT2D eigenvalue weighted by Gasteiger charge is -2.23. The molecule has 0 aromatic carbocycles. The third-order valence-electron chi connectivity index (χ3n) is 2.98. The fourth-order valence-corrected chi connectivity index (χ4v) is 3.26. The molecule has 1 heterocycles. The molecule has 1 aliphatic rings. The molecule has 1 fully saturated rings. The molecule has 4 heteroatoms. The van der Waals surface area contributed by atoms with Crippen LogP contribution in [0.15, 0.2) is 0 Å². The second-order valence-corrected chi connectivity index (χ2v) is 5.82. The molecule has 1 N–H and O–H groups in total. The van der Waals surface area contributed by atoms with E-state index in [-0.39, 0.29) is 0 Å². The van der Waals surface area contributed by atoms with Gasteiger partial charge in [0.1, 0.15) is 0 Å². The normalized spacial score (nSPS) is 22.9. The van der Waals surface area contributed by atoms with Crippen LogP contribution in [-0.4, -0.2) is 62.8 Å². The number of ether oxygens (including phenoxy) is 1. The SMILES string of the molecule is CCNC(CSCCN(C)C)C1CCOC1. The molecule has 16 heavy (non-hydrogen) atoms. The van der Waals surface area contributed by atoms with E-state index in [0.717, 1.165) is 25.7 Å². The maximum atomic E-state index is 5.47. The molecule has 3 nitrogen and oxygen atoms in total. The van der Waals surface area contributed by atoms with Gasteiger partial charge in [-0.1, -0.05) is 6.92 Å². The van der Waals surface area contributed by atoms with Crippen LogP contribution in [0.4, 0.5) is 0 Å². The second-order valence-electron chi connectivity index (χ2n) is 4.67. The molecular formula is C12H26N2OS. The molecule has 2 atom stereocenters. The molecule has 1 rings (SSSR count). The molecule has 0 spiro atoms. The van der Waals surface area contributed by atoms with Crippen LogP contribution < -0.4 is 5.32 Å². The highest BCUT2D eigenvalue weighted by molar-refractivity contribution is 7.99. The van der Waals surface area contributed by atoms with E-state index < -0.39 is 0 Å². The molecule has 1 aliphatic heterocycles. The van der Waals surface area contributed by atoms with Crippen molar-refractivity contribution >= 4 is 11.8 Å². The van der Waals surface area contributed by atoms with Crippen LogP contribution in [-0.2, 0) is 4.74 Å². The Morgan fingerprint density at radius 1 is 1.50 bits per heavy atom. The van der Waals surface area contributed by atoms with E-state index >= 15 is 0 Å². The molecule has 1 saturated heterocycles. The van der Waals surface area contributed by atoms with Crippen molar-refractivity contribution in [1.29, 1.82) is 0 Å². The Morgan fingerprint density at radius 2 is 2.31 bits per heavy atom. The van der Waals surface area contributed by atoms with Gasteiger partial charge in [0, 0.05) is 36.6 Å². The van der Waals surface area contributed by atoms with E-state index in [1.807, 2.05) is 0 Å². The van der Waals surface area contributed by atoms with Crippen molar-refractivity contribution in [3.8, 4) is 0 Å². The largest absolute Gasteiger partial charge is 0.381 e. The molecular weight excluding hydrogens is 220 g/mol. The molecule has 0 aromatic heterocycles. The highest BCUT2D eigenvalue weighted by Gasteiger charge is 2.24. The number of rotatable bonds is 8. The number of hydrogen-bond donors (Lipinski definition) is 1. The van der Waals surface area contributed by atoms with Gasteiger partial charge in [-0.15, -0.1) is 0 Å². The van der Waals surface area contributed by atoms with Crippen LogP contribution in [0.2, 0.25) is 0 Å². The van der Waals surface area contributed by atoms with Crippen LogP contribution in [0.3, 0.4) is 0 Å². The van der Waals surface area contributed by atoms with Crippen LogP contribution >= 0.6 is 11.8 Å². The molecule has 0 aromatic rings. The summed E-state index contributed by atoms with van der Waals surface area (Å²) < 4.78 is 5.47. The van der Waals surface area contributed by atoms with Crippen LogP contribution in [0.25, 0.3) is 0 Å². The first-order chi connectivity index (χ1) is 7.74. The highest BCUT2D eigenvalue weighted by Crippen LogP contribution is 2.19. The van der Waals surface area contributed by atoms with Gasteiger partial charge in [-0.05, 0) is 27.1 Å². The fraction of sp³-hybridized carbons (Fsp3) is 1.00. The molecule has 96 valence electrons. The topological polar surface area (TPSA) is 24.5 Å². The summed E-state index contributed by atoms with van der Waals surface area (Å²) in [4.78, 5) is 2.24. The van der Waals surface area contributed by atoms with Gasteiger partial charge in [-0.3, -0.25) is 0 Å². The number of nitrogens with zero attached hydrogens (tertiary/aromatic N) is 1. The van der Waals surface area contributed by atoms with E-state index in [0.29, 0.717) is 6.04 Å². The number of thioether (sulfide) groups is 1. The lowest BCUT2D eigenvalue weighted by molar-refractivity contribution is 0.179. The third-order valence-corrected chi connectivity index (χ3v) is 4.05. The lowest BCUT2D eigenvalue weighted by atomic mass is 10.0. The van der Waals surface area contributed by atoms with Crippen LogP contribution in [0.1, 0.15) is 13.3 Å². The van der Waals surface area contributed by atoms with E-state index in [1.54, 1.807) is 0 Å². The summed E-state index contributed by atoms with van der Waals surface area (Å²) >= 11 is 2.06. The smallest absolute Gasteiger partial charge is 0.0510 e. The Kier molecular flexibility index (Phi) is 7.45. The van der Waals surface area contributed by atoms with E-state index in [9.17, 15) is 0 Å². The first-order valence-corrected chi connectivity index (χ1v) is 7.43. The van der Waals surface area contributed by atoms with Gasteiger partial charge in [-0.2, -0.15) is 11.8 Å². The van der Waals surface area contributed by atoms with Gasteiger partial charge in [0.05, 0.1) is 6.61 Å². The van der Waals surface area contributed by atoms with Gasteiger partial charge in [0.2, 0.25) is 0 Å². The predicted octanol–water partition coefficient (Wildman–Crippen LogP) is 1.30. The molecule has 0 saturated carbocycles. The first-order valence-electron chi connectivity index (χ1n) is 6.27. The summed E-state index contributed by atoms with van der Waals surface area (Å²) in [5.41, 5.74) is 0. The van der Waals surface area contributed by atoms with Crippen molar-refractivity contribution in [2.45, 2.75) is 19.4 Å². The zero-order valence-electron chi connectivity index (χ0n) is 10.9. The average Bonchev–Trinajstić information content (AvgIpc) is 2.75. The monoisotopic (exact) mass is 246 g/mol. The first kappa shape index (κ1) is 14.3. The summed E-state index contributed by atoms with van der Waals surface area (Å²) in [6.07, 6.45) is 1.23. The summed E-state index contributed by atoms with van der Waals surface area (Å²) in [6, 6.07) is 0.639. The van der Waals surface area contributed by atoms with E-state index in [2.05, 4.69) is 43.0 Å². The Morgan fingerprint density at radius 3 is 2.88 bits per heavy atom. The highest BCUT2D eigenvalue weighted by atomic mass is 32.2. The Bertz CT molecular complexity index is 172. The molecule has 0 bridgehead atoms. The minimum atomic E-state index is 0.639. The fourth-order valence-electron chi connectivity index (χ4n) is 1.95. The summed E-state index contributed by atoms with van der Waals surface area (Å²) in [5, 5.41) is 3.60. The van der Waals surface area contributed by atoms with Crippen molar-refractivity contribution in [2.75, 3.05) is 51.9 Å². The number of nitrogens with one attached hydrogen (secondary N) is 1. The summed E-state index contributed by atoms with van der Waals surface area (Å²) in [7, 11) is 4.26. The van der Waals surface area contributed by atoms with Crippen molar-refractivity contribution in [2.24, 2.45) is 5.92 Å². The Hall–Kier alpha value is 0.230. The quantitative estimate of drug-likeness (QED) is 0.653. The minimum Gasteiger partial charge on any atom is -0.381 e. The van der Waals surface area contributed by atoms with Crippen LogP contribution in [0.5, 0.6) is 0 Å². The second kappa shape index (κ2) is 8.34. The maximum Gasteiger partial charge on any atom is 0.0510 e. The van der Waals surface area contributed by atoms with Gasteiger partial charge in [0.25, 0.3) is 0 Å². The third kappa shape index (κ3) is 5.53. The van der Waals surface area contributed by atoms with Crippen molar-refractivity contribution in [1.82, 2.24) is 10.2 Å². The predicted molar refractivity (Wildman–Crippen MR) is 72.3 cm³/mol. The molecule has 0 radical (unpaired) electrons.